The molecule has 0 heterocycles. The van der Waals surface area contributed by atoms with Crippen LogP contribution in [0.1, 0.15) is 18.1 Å². The van der Waals surface area contributed by atoms with Crippen LogP contribution in [0.5, 0.6) is 0 Å². The van der Waals surface area contributed by atoms with Gasteiger partial charge in [0.2, 0.25) is 0 Å². The molecule has 0 unspecified atom stereocenters. The lowest BCUT2D eigenvalue weighted by Crippen LogP contribution is -2.27. The molecule has 2 aromatic carbocycles. The van der Waals surface area contributed by atoms with Crippen molar-refractivity contribution in [2.45, 2.75) is 13.8 Å². The maximum atomic E-state index is 11.8. The molecule has 0 aliphatic heterocycles. The second-order valence-corrected chi connectivity index (χ2v) is 4.77. The van der Waals surface area contributed by atoms with E-state index < -0.39 is 0 Å². The van der Waals surface area contributed by atoms with Crippen molar-refractivity contribution >= 4 is 17.3 Å². The molecule has 0 aliphatic rings. The van der Waals surface area contributed by atoms with Crippen LogP contribution in [-0.4, -0.2) is 18.2 Å². The van der Waals surface area contributed by atoms with Gasteiger partial charge in [0, 0.05) is 5.69 Å². The van der Waals surface area contributed by atoms with Crippen molar-refractivity contribution in [2.24, 2.45) is 5.10 Å². The zero-order valence-corrected chi connectivity index (χ0v) is 12.3. The topological polar surface area (TPSA) is 53.5 Å². The molecule has 4 heteroatoms. The van der Waals surface area contributed by atoms with Gasteiger partial charge in [-0.2, -0.15) is 5.10 Å². The molecule has 2 aromatic rings. The first-order chi connectivity index (χ1) is 10.2. The highest BCUT2D eigenvalue weighted by Gasteiger charge is 2.02. The molecule has 21 heavy (non-hydrogen) atoms. The number of anilines is 1. The van der Waals surface area contributed by atoms with Crippen LogP contribution in [0.4, 0.5) is 5.69 Å². The van der Waals surface area contributed by atoms with Gasteiger partial charge in [-0.05, 0) is 31.0 Å². The normalized spacial score (nSPS) is 11.0. The van der Waals surface area contributed by atoms with Crippen molar-refractivity contribution in [3.05, 3.63) is 65.7 Å². The fourth-order valence-corrected chi connectivity index (χ4v) is 1.88. The molecule has 0 spiro atoms. The van der Waals surface area contributed by atoms with Gasteiger partial charge in [-0.15, -0.1) is 0 Å². The van der Waals surface area contributed by atoms with Gasteiger partial charge in [-0.1, -0.05) is 48.5 Å². The number of hydrogen-bond acceptors (Lipinski definition) is 3. The number of aryl methyl sites for hydroxylation is 1. The molecule has 108 valence electrons. The van der Waals surface area contributed by atoms with Gasteiger partial charge in [-0.25, -0.2) is 5.43 Å². The third-order valence-corrected chi connectivity index (χ3v) is 3.12. The van der Waals surface area contributed by atoms with Gasteiger partial charge < -0.3 is 5.32 Å². The van der Waals surface area contributed by atoms with Crippen molar-refractivity contribution < 1.29 is 4.79 Å². The Morgan fingerprint density at radius 2 is 1.71 bits per heavy atom. The van der Waals surface area contributed by atoms with E-state index >= 15 is 0 Å². The molecule has 0 atom stereocenters. The van der Waals surface area contributed by atoms with E-state index in [4.69, 9.17) is 0 Å². The summed E-state index contributed by atoms with van der Waals surface area (Å²) in [6.07, 6.45) is 0. The molecule has 0 saturated heterocycles. The third-order valence-electron chi connectivity index (χ3n) is 3.12. The Labute approximate surface area is 124 Å². The van der Waals surface area contributed by atoms with Crippen LogP contribution in [0.3, 0.4) is 0 Å². The summed E-state index contributed by atoms with van der Waals surface area (Å²) in [4.78, 5) is 11.8. The van der Waals surface area contributed by atoms with Crippen LogP contribution in [0.2, 0.25) is 0 Å². The van der Waals surface area contributed by atoms with Crippen molar-refractivity contribution in [3.63, 3.8) is 0 Å². The number of hydrogen-bond donors (Lipinski definition) is 2. The number of carbonyl (C=O) groups excluding carboxylic acids is 1. The monoisotopic (exact) mass is 281 g/mol. The largest absolute Gasteiger partial charge is 0.376 e. The lowest BCUT2D eigenvalue weighted by molar-refractivity contribution is -0.119. The predicted octanol–water partition coefficient (Wildman–Crippen LogP) is 2.95. The van der Waals surface area contributed by atoms with Gasteiger partial charge in [0.15, 0.2) is 0 Å². The number of nitrogens with zero attached hydrogens (tertiary/aromatic N) is 1. The lowest BCUT2D eigenvalue weighted by Gasteiger charge is -2.08. The van der Waals surface area contributed by atoms with Gasteiger partial charge in [-0.3, -0.25) is 4.79 Å². The molecule has 0 radical (unpaired) electrons. The van der Waals surface area contributed by atoms with E-state index in [1.807, 2.05) is 68.4 Å². The van der Waals surface area contributed by atoms with Crippen molar-refractivity contribution in [1.82, 2.24) is 5.43 Å². The van der Waals surface area contributed by atoms with Gasteiger partial charge in [0.05, 0.1) is 12.3 Å². The second kappa shape index (κ2) is 7.24. The van der Waals surface area contributed by atoms with Crippen molar-refractivity contribution in [1.29, 1.82) is 0 Å². The number of benzene rings is 2. The highest BCUT2D eigenvalue weighted by molar-refractivity contribution is 5.99. The minimum Gasteiger partial charge on any atom is -0.376 e. The zero-order chi connectivity index (χ0) is 15.1. The Balaban J connectivity index is 1.87. The van der Waals surface area contributed by atoms with Crippen LogP contribution in [0.15, 0.2) is 59.7 Å². The van der Waals surface area contributed by atoms with Crippen LogP contribution < -0.4 is 10.7 Å². The molecule has 2 rings (SSSR count). The summed E-state index contributed by atoms with van der Waals surface area (Å²) in [5.41, 5.74) is 6.39. The Kier molecular flexibility index (Phi) is 5.10. The molecule has 0 fully saturated rings. The number of rotatable bonds is 5. The summed E-state index contributed by atoms with van der Waals surface area (Å²) in [6.45, 7) is 4.05. The quantitative estimate of drug-likeness (QED) is 0.654. The van der Waals surface area contributed by atoms with E-state index in [1.165, 1.54) is 0 Å². The number of carbonyl (C=O) groups is 1. The van der Waals surface area contributed by atoms with E-state index in [0.29, 0.717) is 0 Å². The molecule has 0 aliphatic carbocycles. The van der Waals surface area contributed by atoms with E-state index in [1.54, 1.807) is 0 Å². The molecule has 0 saturated carbocycles. The molecular weight excluding hydrogens is 262 g/mol. The summed E-state index contributed by atoms with van der Waals surface area (Å²) in [7, 11) is 0. The Morgan fingerprint density at radius 3 is 2.43 bits per heavy atom. The fourth-order valence-electron chi connectivity index (χ4n) is 1.88. The van der Waals surface area contributed by atoms with Gasteiger partial charge in [0.1, 0.15) is 0 Å². The first kappa shape index (κ1) is 14.8. The standard InChI is InChI=1S/C17H19N3O/c1-13-8-6-7-11-16(13)18-12-17(21)20-19-14(2)15-9-4-3-5-10-15/h3-11,18H,12H2,1-2H3,(H,20,21). The van der Waals surface area contributed by atoms with Crippen molar-refractivity contribution in [3.8, 4) is 0 Å². The first-order valence-corrected chi connectivity index (χ1v) is 6.85. The highest BCUT2D eigenvalue weighted by Crippen LogP contribution is 2.12. The SMILES string of the molecule is CC(=NNC(=O)CNc1ccccc1C)c1ccccc1. The first-order valence-electron chi connectivity index (χ1n) is 6.85. The minimum atomic E-state index is -0.173. The van der Waals surface area contributed by atoms with Crippen LogP contribution in [0, 0.1) is 6.92 Å². The number of hydrazone groups is 1. The summed E-state index contributed by atoms with van der Waals surface area (Å²) in [5.74, 6) is -0.173. The maximum Gasteiger partial charge on any atom is 0.259 e. The zero-order valence-electron chi connectivity index (χ0n) is 12.3. The molecule has 0 bridgehead atoms. The van der Waals surface area contributed by atoms with E-state index in [9.17, 15) is 4.79 Å². The predicted molar refractivity (Wildman–Crippen MR) is 86.5 cm³/mol. The van der Waals surface area contributed by atoms with E-state index in [-0.39, 0.29) is 12.5 Å². The summed E-state index contributed by atoms with van der Waals surface area (Å²) in [6, 6.07) is 17.6. The summed E-state index contributed by atoms with van der Waals surface area (Å²) in [5, 5.41) is 7.20. The lowest BCUT2D eigenvalue weighted by atomic mass is 10.1. The van der Waals surface area contributed by atoms with E-state index in [0.717, 1.165) is 22.5 Å². The molecule has 4 nitrogen and oxygen atoms in total. The Morgan fingerprint density at radius 1 is 1.05 bits per heavy atom. The van der Waals surface area contributed by atoms with Gasteiger partial charge >= 0.3 is 0 Å². The molecule has 2 N–H and O–H groups in total. The summed E-state index contributed by atoms with van der Waals surface area (Å²) < 4.78 is 0. The average molecular weight is 281 g/mol. The number of nitrogens with one attached hydrogen (secondary N) is 2. The minimum absolute atomic E-state index is 0.173. The smallest absolute Gasteiger partial charge is 0.259 e. The van der Waals surface area contributed by atoms with Crippen molar-refractivity contribution in [2.75, 3.05) is 11.9 Å². The maximum absolute atomic E-state index is 11.8. The van der Waals surface area contributed by atoms with Crippen LogP contribution >= 0.6 is 0 Å². The fraction of sp³-hybridized carbons (Fsp3) is 0.176. The molecule has 0 aromatic heterocycles. The highest BCUT2D eigenvalue weighted by atomic mass is 16.2. The number of para-hydroxylation sites is 1. The van der Waals surface area contributed by atoms with Gasteiger partial charge in [0.25, 0.3) is 5.91 Å². The molecule has 1 amide bonds. The third kappa shape index (κ3) is 4.45. The van der Waals surface area contributed by atoms with Crippen LogP contribution in [-0.2, 0) is 4.79 Å². The Bertz CT molecular complexity index is 635. The van der Waals surface area contributed by atoms with E-state index in [2.05, 4.69) is 15.8 Å². The second-order valence-electron chi connectivity index (χ2n) is 4.77. The summed E-state index contributed by atoms with van der Waals surface area (Å²) >= 11 is 0. The number of amides is 1. The Hall–Kier alpha value is -2.62. The van der Waals surface area contributed by atoms with Crippen LogP contribution in [0.25, 0.3) is 0 Å². The molecular formula is C17H19N3O. The average Bonchev–Trinajstić information content (AvgIpc) is 2.52.